The summed E-state index contributed by atoms with van der Waals surface area (Å²) in [5.74, 6) is -1.25. The van der Waals surface area contributed by atoms with Crippen LogP contribution >= 0.6 is 0 Å². The first kappa shape index (κ1) is 38.7. The van der Waals surface area contributed by atoms with Crippen molar-refractivity contribution >= 4 is 11.8 Å². The molecule has 0 aromatic rings. The van der Waals surface area contributed by atoms with E-state index in [1.807, 2.05) is 0 Å². The highest BCUT2D eigenvalue weighted by molar-refractivity contribution is 5.79. The van der Waals surface area contributed by atoms with Crippen LogP contribution < -0.4 is 0 Å². The third-order valence-electron chi connectivity index (χ3n) is 14.2. The van der Waals surface area contributed by atoms with Gasteiger partial charge in [-0.05, 0) is 62.0 Å². The summed E-state index contributed by atoms with van der Waals surface area (Å²) in [6, 6.07) is 0. The lowest BCUT2D eigenvalue weighted by Crippen LogP contribution is -2.61. The number of aliphatic hydroxyl groups is 1. The van der Waals surface area contributed by atoms with Crippen molar-refractivity contribution in [1.29, 1.82) is 0 Å². The average molecular weight is 773 g/mol. The van der Waals surface area contributed by atoms with E-state index in [1.54, 1.807) is 7.11 Å². The standard InChI is InChI=1S/C42H60O13/c1-20-12-26-6-8-30-21(2)13-28(48-30)10-11-42-18-35-38(54-42)39-40(53-35)41(55-42)37-31(52-39)9-7-27(50-37)14-24(44)15-29-33(17-32(49-26)22(20)3)51-34(36(29)46-5)16-25(45)19-47-23(4)43/h20,25-41,45H,2-3,6-19H2,1,4-5H3/t20-,25+,26+,27-,28+,29+,30+,31+,32-,33+,34-,35-,36-,37+,38+,39+,40-,41+,42+/m1/s1. The van der Waals surface area contributed by atoms with Crippen LogP contribution in [-0.4, -0.2) is 134 Å². The molecule has 0 amide bonds. The molecule has 1 spiro atoms. The van der Waals surface area contributed by atoms with Crippen LogP contribution in [0.1, 0.15) is 97.3 Å². The number of carbonyl (C=O) groups excluding carboxylic acids is 2. The maximum absolute atomic E-state index is 14.1. The third-order valence-corrected chi connectivity index (χ3v) is 14.2. The molecule has 0 aromatic heterocycles. The minimum Gasteiger partial charge on any atom is -0.463 e. The number of methoxy groups -OCH3 is 1. The normalized spacial score (nSPS) is 50.0. The Labute approximate surface area is 324 Å². The minimum absolute atomic E-state index is 0.00949. The number of carbonyl (C=O) groups is 2. The summed E-state index contributed by atoms with van der Waals surface area (Å²) in [7, 11) is 1.62. The van der Waals surface area contributed by atoms with Gasteiger partial charge in [0.25, 0.3) is 0 Å². The van der Waals surface area contributed by atoms with E-state index in [9.17, 15) is 14.7 Å². The van der Waals surface area contributed by atoms with Gasteiger partial charge in [0.1, 0.15) is 42.9 Å². The number of aliphatic hydroxyl groups excluding tert-OH is 1. The number of fused-ring (bicyclic) bond motifs is 6. The van der Waals surface area contributed by atoms with Crippen molar-refractivity contribution in [2.24, 2.45) is 11.8 Å². The number of hydrogen-bond donors (Lipinski definition) is 1. The molecule has 10 aliphatic heterocycles. The number of ketones is 1. The van der Waals surface area contributed by atoms with E-state index in [4.69, 9.17) is 47.4 Å². The monoisotopic (exact) mass is 772 g/mol. The van der Waals surface area contributed by atoms with Crippen LogP contribution in [0.25, 0.3) is 0 Å². The van der Waals surface area contributed by atoms with Crippen LogP contribution in [0.15, 0.2) is 24.3 Å². The summed E-state index contributed by atoms with van der Waals surface area (Å²) in [5.41, 5.74) is 2.15. The SMILES string of the molecule is C=C1C[C@@H]2CC[C@@]34C[C@H]5O[C@H]6[C@@H](O3)[C@H]3O[C@H](CC[C@@H]3O[C@H]6[C@H]5O4)CC(=O)C[C@@H]3[C@@H](OC)[C@@H](C[C@H](O)COC(C)=O)O[C@H]3C[C@H]3O[C@@H](CC[C@@H]1O2)C[C@@H](C)C3=C. The molecule has 12 bridgehead atoms. The van der Waals surface area contributed by atoms with Gasteiger partial charge in [0.15, 0.2) is 5.79 Å². The molecule has 1 N–H and O–H groups in total. The van der Waals surface area contributed by atoms with Crippen molar-refractivity contribution < 1.29 is 62.1 Å². The van der Waals surface area contributed by atoms with Crippen molar-refractivity contribution in [3.8, 4) is 0 Å². The lowest BCUT2D eigenvalue weighted by atomic mass is 9.81. The first-order valence-electron chi connectivity index (χ1n) is 21.0. The second-order valence-corrected chi connectivity index (χ2v) is 18.0. The molecular weight excluding hydrogens is 712 g/mol. The fraction of sp³-hybridized carbons (Fsp3) is 0.857. The molecule has 0 saturated carbocycles. The summed E-state index contributed by atoms with van der Waals surface area (Å²) >= 11 is 0. The molecule has 19 atom stereocenters. The van der Waals surface area contributed by atoms with Crippen molar-refractivity contribution in [3.05, 3.63) is 24.3 Å². The first-order valence-corrected chi connectivity index (χ1v) is 21.0. The van der Waals surface area contributed by atoms with Gasteiger partial charge in [-0.1, -0.05) is 20.1 Å². The lowest BCUT2D eigenvalue weighted by Gasteiger charge is -2.47. The molecule has 13 heteroatoms. The molecule has 0 radical (unpaired) electrons. The van der Waals surface area contributed by atoms with E-state index in [2.05, 4.69) is 20.1 Å². The van der Waals surface area contributed by atoms with Crippen molar-refractivity contribution in [2.45, 2.75) is 201 Å². The quantitative estimate of drug-likeness (QED) is 0.317. The molecule has 0 aromatic carbocycles. The van der Waals surface area contributed by atoms with Gasteiger partial charge >= 0.3 is 5.97 Å². The lowest BCUT2D eigenvalue weighted by molar-refractivity contribution is -0.292. The zero-order valence-corrected chi connectivity index (χ0v) is 32.6. The Morgan fingerprint density at radius 3 is 2.38 bits per heavy atom. The van der Waals surface area contributed by atoms with Gasteiger partial charge in [0.2, 0.25) is 0 Å². The zero-order valence-electron chi connectivity index (χ0n) is 32.6. The molecular formula is C42H60O13. The van der Waals surface area contributed by atoms with Crippen molar-refractivity contribution in [3.63, 3.8) is 0 Å². The smallest absolute Gasteiger partial charge is 0.302 e. The van der Waals surface area contributed by atoms with E-state index >= 15 is 0 Å². The number of ether oxygens (including phenoxy) is 10. The van der Waals surface area contributed by atoms with E-state index in [-0.39, 0.29) is 123 Å². The summed E-state index contributed by atoms with van der Waals surface area (Å²) in [6.07, 6.45) is 3.55. The van der Waals surface area contributed by atoms with Crippen LogP contribution in [0, 0.1) is 11.8 Å². The second-order valence-electron chi connectivity index (χ2n) is 18.0. The van der Waals surface area contributed by atoms with E-state index in [0.717, 1.165) is 49.7 Å². The molecule has 306 valence electrons. The average Bonchev–Trinajstić information content (AvgIpc) is 3.82. The van der Waals surface area contributed by atoms with Gasteiger partial charge < -0.3 is 52.5 Å². The van der Waals surface area contributed by atoms with Crippen LogP contribution in [0.5, 0.6) is 0 Å². The summed E-state index contributed by atoms with van der Waals surface area (Å²) in [5, 5.41) is 10.8. The Kier molecular flexibility index (Phi) is 10.9. The van der Waals surface area contributed by atoms with E-state index < -0.39 is 30.1 Å². The van der Waals surface area contributed by atoms with Crippen LogP contribution in [0.4, 0.5) is 0 Å². The van der Waals surface area contributed by atoms with E-state index in [1.165, 1.54) is 6.92 Å². The Balaban J connectivity index is 0.981. The van der Waals surface area contributed by atoms with Gasteiger partial charge in [-0.15, -0.1) is 0 Å². The highest BCUT2D eigenvalue weighted by atomic mass is 16.8. The largest absolute Gasteiger partial charge is 0.463 e. The summed E-state index contributed by atoms with van der Waals surface area (Å²) < 4.78 is 65.2. The Morgan fingerprint density at radius 1 is 0.818 bits per heavy atom. The van der Waals surface area contributed by atoms with Gasteiger partial charge in [0, 0.05) is 58.5 Å². The molecule has 10 rings (SSSR count). The third kappa shape index (κ3) is 7.53. The summed E-state index contributed by atoms with van der Waals surface area (Å²) in [4.78, 5) is 25.6. The predicted octanol–water partition coefficient (Wildman–Crippen LogP) is 4.04. The van der Waals surface area contributed by atoms with Crippen LogP contribution in [0.2, 0.25) is 0 Å². The highest BCUT2D eigenvalue weighted by Gasteiger charge is 2.68. The summed E-state index contributed by atoms with van der Waals surface area (Å²) in [6.45, 7) is 12.3. The first-order chi connectivity index (χ1) is 26.5. The van der Waals surface area contributed by atoms with Crippen LogP contribution in [-0.2, 0) is 57.0 Å². The van der Waals surface area contributed by atoms with E-state index in [0.29, 0.717) is 25.7 Å². The number of Topliss-reactive ketones (excluding diaryl/α,β-unsaturated/α-hetero) is 1. The minimum atomic E-state index is -0.947. The van der Waals surface area contributed by atoms with Gasteiger partial charge in [-0.2, -0.15) is 0 Å². The molecule has 0 aliphatic carbocycles. The number of esters is 1. The maximum atomic E-state index is 14.1. The highest BCUT2D eigenvalue weighted by Crippen LogP contribution is 2.54. The van der Waals surface area contributed by atoms with Gasteiger partial charge in [-0.25, -0.2) is 0 Å². The Hall–Kier alpha value is -1.78. The molecule has 0 unspecified atom stereocenters. The van der Waals surface area contributed by atoms with Gasteiger partial charge in [0.05, 0.1) is 67.1 Å². The molecule has 10 saturated heterocycles. The number of hydrogen-bond acceptors (Lipinski definition) is 13. The number of rotatable bonds is 5. The topological polar surface area (TPSA) is 147 Å². The molecule has 10 fully saturated rings. The van der Waals surface area contributed by atoms with Crippen molar-refractivity contribution in [2.75, 3.05) is 13.7 Å². The fourth-order valence-electron chi connectivity index (χ4n) is 11.5. The molecule has 10 aliphatic rings. The molecule has 13 nitrogen and oxygen atoms in total. The maximum Gasteiger partial charge on any atom is 0.302 e. The molecule has 55 heavy (non-hydrogen) atoms. The van der Waals surface area contributed by atoms with Crippen molar-refractivity contribution in [1.82, 2.24) is 0 Å². The van der Waals surface area contributed by atoms with Crippen LogP contribution in [0.3, 0.4) is 0 Å². The fourth-order valence-corrected chi connectivity index (χ4v) is 11.5. The second kappa shape index (κ2) is 15.4. The Bertz CT molecular complexity index is 1490. The van der Waals surface area contributed by atoms with Gasteiger partial charge in [-0.3, -0.25) is 9.59 Å². The predicted molar refractivity (Wildman–Crippen MR) is 194 cm³/mol. The molecule has 10 heterocycles. The zero-order chi connectivity index (χ0) is 38.2. The Morgan fingerprint density at radius 2 is 1.56 bits per heavy atom.